The molecule has 0 saturated heterocycles. The van der Waals surface area contributed by atoms with Crippen LogP contribution in [0.4, 0.5) is 11.4 Å². The van der Waals surface area contributed by atoms with E-state index in [1.165, 1.54) is 12.1 Å². The first-order valence-corrected chi connectivity index (χ1v) is 9.90. The Labute approximate surface area is 166 Å². The molecule has 1 aliphatic heterocycles. The summed E-state index contributed by atoms with van der Waals surface area (Å²) < 4.78 is 0. The lowest BCUT2D eigenvalue weighted by molar-refractivity contribution is -0.384. The smallest absolute Gasteiger partial charge is 0.337 e. The van der Waals surface area contributed by atoms with Crippen molar-refractivity contribution in [3.8, 4) is 0 Å². The number of anilines is 1. The van der Waals surface area contributed by atoms with Crippen molar-refractivity contribution in [1.82, 2.24) is 0 Å². The highest BCUT2D eigenvalue weighted by Crippen LogP contribution is 2.64. The molecule has 1 heterocycles. The van der Waals surface area contributed by atoms with Crippen LogP contribution >= 0.6 is 11.6 Å². The number of nitrogens with zero attached hydrogens (tertiary/aromatic N) is 1. The number of non-ortho nitro benzene ring substituents is 1. The Morgan fingerprint density at radius 3 is 2.71 bits per heavy atom. The van der Waals surface area contributed by atoms with Gasteiger partial charge in [0.2, 0.25) is 0 Å². The van der Waals surface area contributed by atoms with Gasteiger partial charge in [0.25, 0.3) is 5.69 Å². The molecule has 3 aliphatic rings. The van der Waals surface area contributed by atoms with E-state index in [-0.39, 0.29) is 29.1 Å². The van der Waals surface area contributed by atoms with Crippen LogP contribution in [-0.4, -0.2) is 16.0 Å². The number of carbonyl (C=O) groups is 1. The highest BCUT2D eigenvalue weighted by molar-refractivity contribution is 6.31. The maximum atomic E-state index is 11.8. The number of hydrogen-bond acceptors (Lipinski definition) is 4. The van der Waals surface area contributed by atoms with E-state index in [0.717, 1.165) is 24.8 Å². The summed E-state index contributed by atoms with van der Waals surface area (Å²) in [7, 11) is 0. The molecule has 5 atom stereocenters. The lowest BCUT2D eigenvalue weighted by Gasteiger charge is -2.44. The molecule has 144 valence electrons. The first-order chi connectivity index (χ1) is 13.5. The zero-order chi connectivity index (χ0) is 19.6. The molecule has 6 nitrogen and oxygen atoms in total. The first kappa shape index (κ1) is 17.5. The van der Waals surface area contributed by atoms with E-state index in [1.54, 1.807) is 12.1 Å². The van der Waals surface area contributed by atoms with E-state index >= 15 is 0 Å². The Balaban J connectivity index is 1.69. The summed E-state index contributed by atoms with van der Waals surface area (Å²) in [5.74, 6) is 0.587. The normalized spacial score (nSPS) is 29.7. The summed E-state index contributed by atoms with van der Waals surface area (Å²) in [5.41, 5.74) is 2.62. The van der Waals surface area contributed by atoms with E-state index in [1.807, 2.05) is 12.1 Å². The van der Waals surface area contributed by atoms with Gasteiger partial charge in [-0.3, -0.25) is 10.1 Å². The Morgan fingerprint density at radius 2 is 1.96 bits per heavy atom. The maximum absolute atomic E-state index is 11.8. The number of benzene rings is 2. The van der Waals surface area contributed by atoms with E-state index in [2.05, 4.69) is 5.32 Å². The van der Waals surface area contributed by atoms with Crippen LogP contribution in [-0.2, 0) is 0 Å². The third-order valence-corrected chi connectivity index (χ3v) is 7.22. The number of hydrogen-bond donors (Lipinski definition) is 2. The van der Waals surface area contributed by atoms with Crippen LogP contribution in [0.3, 0.4) is 0 Å². The van der Waals surface area contributed by atoms with Gasteiger partial charge in [0.15, 0.2) is 0 Å². The molecule has 2 aliphatic carbocycles. The lowest BCUT2D eigenvalue weighted by Crippen LogP contribution is -2.36. The van der Waals surface area contributed by atoms with Crippen molar-refractivity contribution >= 4 is 28.9 Å². The molecule has 5 rings (SSSR count). The van der Waals surface area contributed by atoms with Crippen molar-refractivity contribution in [3.63, 3.8) is 0 Å². The SMILES string of the molecule is O=C(O)c1cccc2c1N[C@H](c1cc([N+](=O)[O-])ccc1Cl)[C@@H]1[C@H]3CC[C@@H](C3)[C@@H]21. The van der Waals surface area contributed by atoms with Crippen LogP contribution in [0.25, 0.3) is 0 Å². The van der Waals surface area contributed by atoms with Gasteiger partial charge in [0.05, 0.1) is 22.2 Å². The van der Waals surface area contributed by atoms with Crippen molar-refractivity contribution < 1.29 is 14.8 Å². The molecule has 2 saturated carbocycles. The van der Waals surface area contributed by atoms with Crippen molar-refractivity contribution in [3.05, 3.63) is 68.2 Å². The zero-order valence-electron chi connectivity index (χ0n) is 15.0. The molecule has 7 heteroatoms. The number of nitro groups is 1. The molecule has 2 aromatic carbocycles. The predicted molar refractivity (Wildman–Crippen MR) is 105 cm³/mol. The summed E-state index contributed by atoms with van der Waals surface area (Å²) in [4.78, 5) is 22.7. The van der Waals surface area contributed by atoms with E-state index in [4.69, 9.17) is 11.6 Å². The zero-order valence-corrected chi connectivity index (χ0v) is 15.7. The van der Waals surface area contributed by atoms with Gasteiger partial charge in [0, 0.05) is 22.7 Å². The number of carboxylic acids is 1. The van der Waals surface area contributed by atoms with Gasteiger partial charge < -0.3 is 10.4 Å². The minimum atomic E-state index is -0.977. The number of rotatable bonds is 3. The molecular formula is C21H19ClN2O4. The average molecular weight is 399 g/mol. The van der Waals surface area contributed by atoms with Gasteiger partial charge in [-0.15, -0.1) is 0 Å². The summed E-state index contributed by atoms with van der Waals surface area (Å²) in [6.07, 6.45) is 3.42. The monoisotopic (exact) mass is 398 g/mol. The summed E-state index contributed by atoms with van der Waals surface area (Å²) >= 11 is 6.48. The molecule has 2 aromatic rings. The van der Waals surface area contributed by atoms with Gasteiger partial charge in [-0.2, -0.15) is 0 Å². The highest BCUT2D eigenvalue weighted by Gasteiger charge is 2.54. The molecule has 2 fully saturated rings. The van der Waals surface area contributed by atoms with Crippen LogP contribution < -0.4 is 5.32 Å². The Hall–Kier alpha value is -2.60. The molecule has 0 unspecified atom stereocenters. The molecule has 28 heavy (non-hydrogen) atoms. The van der Waals surface area contributed by atoms with Gasteiger partial charge in [-0.25, -0.2) is 4.79 Å². The van der Waals surface area contributed by atoms with E-state index in [0.29, 0.717) is 28.1 Å². The lowest BCUT2D eigenvalue weighted by atomic mass is 9.67. The minimum Gasteiger partial charge on any atom is -0.478 e. The molecular weight excluding hydrogens is 380 g/mol. The highest BCUT2D eigenvalue weighted by atomic mass is 35.5. The Morgan fingerprint density at radius 1 is 1.18 bits per heavy atom. The number of aromatic carboxylic acids is 1. The quantitative estimate of drug-likeness (QED) is 0.544. The van der Waals surface area contributed by atoms with E-state index < -0.39 is 10.9 Å². The molecule has 0 spiro atoms. The fourth-order valence-corrected chi connectivity index (χ4v) is 6.12. The molecule has 0 aromatic heterocycles. The number of nitro benzene ring substituents is 1. The number of halogens is 1. The topological polar surface area (TPSA) is 92.5 Å². The van der Waals surface area contributed by atoms with Gasteiger partial charge >= 0.3 is 5.97 Å². The molecule has 0 radical (unpaired) electrons. The van der Waals surface area contributed by atoms with Crippen molar-refractivity contribution in [2.45, 2.75) is 31.2 Å². The number of fused-ring (bicyclic) bond motifs is 7. The number of carboxylic acid groups (broad SMARTS) is 1. The third-order valence-electron chi connectivity index (χ3n) is 6.88. The van der Waals surface area contributed by atoms with Gasteiger partial charge in [0.1, 0.15) is 0 Å². The van der Waals surface area contributed by atoms with Crippen LogP contribution in [0.2, 0.25) is 5.02 Å². The Bertz CT molecular complexity index is 1010. The summed E-state index contributed by atoms with van der Waals surface area (Å²) in [6.45, 7) is 0. The average Bonchev–Trinajstić information content (AvgIpc) is 3.29. The third kappa shape index (κ3) is 2.44. The van der Waals surface area contributed by atoms with Gasteiger partial charge in [-0.1, -0.05) is 23.7 Å². The minimum absolute atomic E-state index is 0.00165. The van der Waals surface area contributed by atoms with Crippen LogP contribution in [0, 0.1) is 27.9 Å². The molecule has 2 N–H and O–H groups in total. The number of nitrogens with one attached hydrogen (secondary N) is 1. The van der Waals surface area contributed by atoms with Crippen LogP contribution in [0.1, 0.15) is 52.7 Å². The summed E-state index contributed by atoms with van der Waals surface area (Å²) in [5, 5.41) is 24.9. The van der Waals surface area contributed by atoms with Crippen molar-refractivity contribution in [1.29, 1.82) is 0 Å². The second-order valence-electron chi connectivity index (χ2n) is 8.10. The Kier molecular flexibility index (Phi) is 3.88. The first-order valence-electron chi connectivity index (χ1n) is 9.52. The van der Waals surface area contributed by atoms with Crippen LogP contribution in [0.5, 0.6) is 0 Å². The van der Waals surface area contributed by atoms with Crippen LogP contribution in [0.15, 0.2) is 36.4 Å². The molecule has 2 bridgehead atoms. The summed E-state index contributed by atoms with van der Waals surface area (Å²) in [6, 6.07) is 9.72. The van der Waals surface area contributed by atoms with Crippen molar-refractivity contribution in [2.75, 3.05) is 5.32 Å². The second-order valence-corrected chi connectivity index (χ2v) is 8.50. The molecule has 0 amide bonds. The number of para-hydroxylation sites is 1. The van der Waals surface area contributed by atoms with Crippen molar-refractivity contribution in [2.24, 2.45) is 17.8 Å². The fourth-order valence-electron chi connectivity index (χ4n) is 5.88. The largest absolute Gasteiger partial charge is 0.478 e. The second kappa shape index (κ2) is 6.21. The van der Waals surface area contributed by atoms with Gasteiger partial charge in [-0.05, 0) is 60.6 Å². The fraction of sp³-hybridized carbons (Fsp3) is 0.381. The maximum Gasteiger partial charge on any atom is 0.337 e. The standard InChI is InChI=1S/C21H19ClN2O4/c22-16-7-6-12(24(27)28)9-15(16)20-18-11-5-4-10(8-11)17(18)13-2-1-3-14(21(25)26)19(13)23-20/h1-3,6-7,9-11,17-18,20,23H,4-5,8H2,(H,25,26)/t10-,11-,17-,18+,20+/m0/s1. The van der Waals surface area contributed by atoms with E-state index in [9.17, 15) is 20.0 Å². The predicted octanol–water partition coefficient (Wildman–Crippen LogP) is 5.24.